The Hall–Kier alpha value is -1.03. The van der Waals surface area contributed by atoms with Crippen molar-refractivity contribution in [2.24, 2.45) is 5.73 Å². The van der Waals surface area contributed by atoms with E-state index in [1.807, 2.05) is 12.3 Å². The Bertz CT molecular complexity index is 223. The predicted octanol–water partition coefficient (Wildman–Crippen LogP) is 0.337. The van der Waals surface area contributed by atoms with E-state index in [9.17, 15) is 0 Å². The molecule has 0 radical (unpaired) electrons. The van der Waals surface area contributed by atoms with Gasteiger partial charge in [-0.25, -0.2) is 0 Å². The summed E-state index contributed by atoms with van der Waals surface area (Å²) in [7, 11) is 0. The van der Waals surface area contributed by atoms with Gasteiger partial charge in [0.15, 0.2) is 0 Å². The lowest BCUT2D eigenvalue weighted by molar-refractivity contribution is 0.498. The van der Waals surface area contributed by atoms with E-state index in [1.165, 1.54) is 0 Å². The van der Waals surface area contributed by atoms with Gasteiger partial charge in [-0.3, -0.25) is 5.10 Å². The summed E-state index contributed by atoms with van der Waals surface area (Å²) in [5.74, 6) is 1.04. The van der Waals surface area contributed by atoms with Crippen molar-refractivity contribution in [3.05, 3.63) is 12.3 Å². The van der Waals surface area contributed by atoms with Gasteiger partial charge >= 0.3 is 0 Å². The van der Waals surface area contributed by atoms with Crippen molar-refractivity contribution >= 4 is 5.82 Å². The second-order valence-corrected chi connectivity index (χ2v) is 3.26. The maximum Gasteiger partial charge on any atom is 0.150 e. The Morgan fingerprint density at radius 3 is 2.83 bits per heavy atom. The molecule has 1 aromatic heterocycles. The second-order valence-electron chi connectivity index (χ2n) is 3.26. The fourth-order valence-electron chi connectivity index (χ4n) is 1.56. The number of hydrogen-bond donors (Lipinski definition) is 2. The van der Waals surface area contributed by atoms with Gasteiger partial charge in [0.1, 0.15) is 5.82 Å². The van der Waals surface area contributed by atoms with Gasteiger partial charge in [0.25, 0.3) is 0 Å². The van der Waals surface area contributed by atoms with Gasteiger partial charge in [-0.2, -0.15) is 5.10 Å². The summed E-state index contributed by atoms with van der Waals surface area (Å²) in [4.78, 5) is 2.26. The van der Waals surface area contributed by atoms with Gasteiger partial charge in [-0.05, 0) is 12.8 Å². The number of H-pyrrole nitrogens is 1. The topological polar surface area (TPSA) is 57.9 Å². The van der Waals surface area contributed by atoms with E-state index in [4.69, 9.17) is 5.73 Å². The molecule has 4 nitrogen and oxygen atoms in total. The molecular formula is C8H14N4. The van der Waals surface area contributed by atoms with Gasteiger partial charge in [0.05, 0.1) is 0 Å². The van der Waals surface area contributed by atoms with Gasteiger partial charge in [-0.1, -0.05) is 0 Å². The molecule has 0 bridgehead atoms. The number of anilines is 1. The highest BCUT2D eigenvalue weighted by Gasteiger charge is 2.16. The molecule has 12 heavy (non-hydrogen) atoms. The quantitative estimate of drug-likeness (QED) is 0.632. The molecule has 1 saturated heterocycles. The molecule has 1 aromatic rings. The van der Waals surface area contributed by atoms with Crippen LogP contribution in [0.1, 0.15) is 12.8 Å². The van der Waals surface area contributed by atoms with Gasteiger partial charge < -0.3 is 10.6 Å². The third kappa shape index (κ3) is 1.43. The molecule has 0 atom stereocenters. The Labute approximate surface area is 71.7 Å². The molecule has 0 unspecified atom stereocenters. The molecule has 0 spiro atoms. The summed E-state index contributed by atoms with van der Waals surface area (Å²) < 4.78 is 0. The van der Waals surface area contributed by atoms with Gasteiger partial charge in [0.2, 0.25) is 0 Å². The number of nitrogens with zero attached hydrogens (tertiary/aromatic N) is 2. The Kier molecular flexibility index (Phi) is 1.99. The van der Waals surface area contributed by atoms with Crippen molar-refractivity contribution in [1.82, 2.24) is 10.2 Å². The molecule has 0 amide bonds. The van der Waals surface area contributed by atoms with E-state index in [-0.39, 0.29) is 0 Å². The maximum absolute atomic E-state index is 5.80. The smallest absolute Gasteiger partial charge is 0.150 e. The van der Waals surface area contributed by atoms with Crippen LogP contribution in [0.2, 0.25) is 0 Å². The molecule has 1 aliphatic heterocycles. The molecule has 0 saturated carbocycles. The number of nitrogens with two attached hydrogens (primary N) is 1. The van der Waals surface area contributed by atoms with E-state index in [2.05, 4.69) is 15.1 Å². The summed E-state index contributed by atoms with van der Waals surface area (Å²) in [5.41, 5.74) is 5.80. The van der Waals surface area contributed by atoms with E-state index in [0.29, 0.717) is 6.04 Å². The molecule has 4 heteroatoms. The minimum Gasteiger partial charge on any atom is -0.355 e. The fourth-order valence-corrected chi connectivity index (χ4v) is 1.56. The average Bonchev–Trinajstić information content (AvgIpc) is 2.58. The van der Waals surface area contributed by atoms with Gasteiger partial charge in [0, 0.05) is 31.4 Å². The minimum absolute atomic E-state index is 0.389. The number of rotatable bonds is 1. The summed E-state index contributed by atoms with van der Waals surface area (Å²) in [6.07, 6.45) is 4.00. The third-order valence-electron chi connectivity index (χ3n) is 2.35. The molecule has 1 aliphatic rings. The number of aromatic amines is 1. The predicted molar refractivity (Wildman–Crippen MR) is 48.0 cm³/mol. The van der Waals surface area contributed by atoms with Crippen molar-refractivity contribution in [2.75, 3.05) is 18.0 Å². The van der Waals surface area contributed by atoms with Crippen molar-refractivity contribution in [3.8, 4) is 0 Å². The van der Waals surface area contributed by atoms with Crippen molar-refractivity contribution in [3.63, 3.8) is 0 Å². The highest BCUT2D eigenvalue weighted by molar-refractivity contribution is 5.36. The molecule has 66 valence electrons. The fraction of sp³-hybridized carbons (Fsp3) is 0.625. The summed E-state index contributed by atoms with van der Waals surface area (Å²) >= 11 is 0. The highest BCUT2D eigenvalue weighted by Crippen LogP contribution is 2.15. The van der Waals surface area contributed by atoms with E-state index in [0.717, 1.165) is 31.7 Å². The van der Waals surface area contributed by atoms with Crippen LogP contribution in [0.25, 0.3) is 0 Å². The summed E-state index contributed by atoms with van der Waals surface area (Å²) in [5, 5.41) is 6.94. The van der Waals surface area contributed by atoms with Crippen LogP contribution < -0.4 is 10.6 Å². The first-order valence-corrected chi connectivity index (χ1v) is 4.36. The van der Waals surface area contributed by atoms with E-state index in [1.54, 1.807) is 0 Å². The van der Waals surface area contributed by atoms with E-state index < -0.39 is 0 Å². The van der Waals surface area contributed by atoms with Crippen LogP contribution in [0, 0.1) is 0 Å². The lowest BCUT2D eigenvalue weighted by Gasteiger charge is -2.29. The zero-order valence-corrected chi connectivity index (χ0v) is 7.03. The van der Waals surface area contributed by atoms with Crippen LogP contribution in [0.15, 0.2) is 12.3 Å². The number of hydrogen-bond acceptors (Lipinski definition) is 3. The minimum atomic E-state index is 0.389. The zero-order valence-electron chi connectivity index (χ0n) is 7.03. The SMILES string of the molecule is NC1CCN(c2cc[nH]n2)CC1. The van der Waals surface area contributed by atoms with Crippen LogP contribution in [0.3, 0.4) is 0 Å². The van der Waals surface area contributed by atoms with Crippen molar-refractivity contribution in [2.45, 2.75) is 18.9 Å². The van der Waals surface area contributed by atoms with Crippen molar-refractivity contribution in [1.29, 1.82) is 0 Å². The van der Waals surface area contributed by atoms with Crippen LogP contribution in [0.4, 0.5) is 5.82 Å². The number of piperidine rings is 1. The Morgan fingerprint density at radius 1 is 1.50 bits per heavy atom. The number of nitrogens with one attached hydrogen (secondary N) is 1. The highest BCUT2D eigenvalue weighted by atomic mass is 15.3. The van der Waals surface area contributed by atoms with E-state index >= 15 is 0 Å². The lowest BCUT2D eigenvalue weighted by Crippen LogP contribution is -2.39. The molecular weight excluding hydrogens is 152 g/mol. The summed E-state index contributed by atoms with van der Waals surface area (Å²) in [6, 6.07) is 2.39. The molecule has 2 heterocycles. The molecule has 3 N–H and O–H groups in total. The lowest BCUT2D eigenvalue weighted by atomic mass is 10.1. The average molecular weight is 166 g/mol. The normalized spacial score (nSPS) is 19.9. The number of aromatic nitrogens is 2. The first-order chi connectivity index (χ1) is 5.86. The first kappa shape index (κ1) is 7.61. The Balaban J connectivity index is 1.99. The molecule has 2 rings (SSSR count). The summed E-state index contributed by atoms with van der Waals surface area (Å²) in [6.45, 7) is 2.07. The molecule has 0 aliphatic carbocycles. The standard InChI is InChI=1S/C8H14N4/c9-7-2-5-12(6-3-7)8-1-4-10-11-8/h1,4,7H,2-3,5-6,9H2,(H,10,11). The van der Waals surface area contributed by atoms with Crippen LogP contribution >= 0.6 is 0 Å². The van der Waals surface area contributed by atoms with Crippen LogP contribution in [-0.4, -0.2) is 29.3 Å². The van der Waals surface area contributed by atoms with Crippen molar-refractivity contribution < 1.29 is 0 Å². The molecule has 0 aromatic carbocycles. The Morgan fingerprint density at radius 2 is 2.25 bits per heavy atom. The largest absolute Gasteiger partial charge is 0.355 e. The maximum atomic E-state index is 5.80. The molecule has 1 fully saturated rings. The first-order valence-electron chi connectivity index (χ1n) is 4.36. The third-order valence-corrected chi connectivity index (χ3v) is 2.35. The van der Waals surface area contributed by atoms with Crippen LogP contribution in [-0.2, 0) is 0 Å². The zero-order chi connectivity index (χ0) is 8.39. The monoisotopic (exact) mass is 166 g/mol. The van der Waals surface area contributed by atoms with Gasteiger partial charge in [-0.15, -0.1) is 0 Å². The second kappa shape index (κ2) is 3.15. The van der Waals surface area contributed by atoms with Crippen LogP contribution in [0.5, 0.6) is 0 Å².